The van der Waals surface area contributed by atoms with E-state index in [1.54, 1.807) is 0 Å². The minimum atomic E-state index is -0.840. The van der Waals surface area contributed by atoms with Crippen LogP contribution in [0.2, 0.25) is 0 Å². The van der Waals surface area contributed by atoms with E-state index in [2.05, 4.69) is 0 Å². The Morgan fingerprint density at radius 2 is 2.14 bits per heavy atom. The predicted molar refractivity (Wildman–Crippen MR) is 47.6 cm³/mol. The smallest absolute Gasteiger partial charge is 0.184 e. The van der Waals surface area contributed by atoms with Gasteiger partial charge in [0, 0.05) is 6.07 Å². The van der Waals surface area contributed by atoms with Gasteiger partial charge in [-0.25, -0.2) is 8.78 Å². The molecule has 0 aliphatic carbocycles. The first-order valence-corrected chi connectivity index (χ1v) is 4.32. The summed E-state index contributed by atoms with van der Waals surface area (Å²) >= 11 is 5.20. The number of carbonyl (C=O) groups is 1. The van der Waals surface area contributed by atoms with E-state index in [0.29, 0.717) is 6.07 Å². The van der Waals surface area contributed by atoms with Crippen LogP contribution in [0.1, 0.15) is 0 Å². The quantitative estimate of drug-likeness (QED) is 0.727. The lowest BCUT2D eigenvalue weighted by atomic mass is 10.3. The van der Waals surface area contributed by atoms with Crippen LogP contribution in [0.3, 0.4) is 0 Å². The zero-order valence-corrected chi connectivity index (χ0v) is 7.85. The van der Waals surface area contributed by atoms with Crippen molar-refractivity contribution in [3.8, 4) is 5.75 Å². The van der Waals surface area contributed by atoms with Crippen molar-refractivity contribution >= 4 is 17.4 Å². The Bertz CT molecular complexity index is 342. The van der Waals surface area contributed by atoms with Crippen molar-refractivity contribution < 1.29 is 18.3 Å². The maximum absolute atomic E-state index is 12.9. The maximum atomic E-state index is 12.9. The van der Waals surface area contributed by atoms with Crippen LogP contribution in [0.5, 0.6) is 5.75 Å². The van der Waals surface area contributed by atoms with Gasteiger partial charge >= 0.3 is 0 Å². The highest BCUT2D eigenvalue weighted by Gasteiger charge is 2.06. The number of hydrogen-bond donors (Lipinski definition) is 0. The molecule has 0 spiro atoms. The molecule has 0 aromatic heterocycles. The highest BCUT2D eigenvalue weighted by atomic mass is 35.5. The van der Waals surface area contributed by atoms with Crippen molar-refractivity contribution in [2.24, 2.45) is 0 Å². The zero-order valence-electron chi connectivity index (χ0n) is 7.10. The Balaban J connectivity index is 2.63. The van der Waals surface area contributed by atoms with Crippen LogP contribution in [0.25, 0.3) is 0 Å². The van der Waals surface area contributed by atoms with Gasteiger partial charge in [-0.05, 0) is 12.1 Å². The third kappa shape index (κ3) is 2.96. The number of hydrogen-bond acceptors (Lipinski definition) is 2. The van der Waals surface area contributed by atoms with Gasteiger partial charge in [-0.3, -0.25) is 4.79 Å². The van der Waals surface area contributed by atoms with E-state index in [0.717, 1.165) is 12.1 Å². The first kappa shape index (κ1) is 10.9. The van der Waals surface area contributed by atoms with Gasteiger partial charge in [0.2, 0.25) is 0 Å². The van der Waals surface area contributed by atoms with Gasteiger partial charge in [0.25, 0.3) is 0 Å². The van der Waals surface area contributed by atoms with E-state index in [1.807, 2.05) is 0 Å². The van der Waals surface area contributed by atoms with Gasteiger partial charge < -0.3 is 4.74 Å². The van der Waals surface area contributed by atoms with Crippen molar-refractivity contribution in [1.29, 1.82) is 0 Å². The van der Waals surface area contributed by atoms with Crippen molar-refractivity contribution in [2.45, 2.75) is 0 Å². The summed E-state index contributed by atoms with van der Waals surface area (Å²) in [5.41, 5.74) is 0. The van der Waals surface area contributed by atoms with Crippen molar-refractivity contribution in [2.75, 3.05) is 12.5 Å². The molecular formula is C9H7ClF2O2. The summed E-state index contributed by atoms with van der Waals surface area (Å²) in [5.74, 6) is -2.26. The number of benzene rings is 1. The number of halogens is 3. The lowest BCUT2D eigenvalue weighted by Crippen LogP contribution is -2.12. The van der Waals surface area contributed by atoms with Gasteiger partial charge in [0.1, 0.15) is 12.4 Å². The highest BCUT2D eigenvalue weighted by Crippen LogP contribution is 2.17. The minimum absolute atomic E-state index is 0.162. The summed E-state index contributed by atoms with van der Waals surface area (Å²) in [7, 11) is 0. The second-order valence-corrected chi connectivity index (χ2v) is 2.80. The van der Waals surface area contributed by atoms with Gasteiger partial charge in [-0.1, -0.05) is 0 Å². The third-order valence-electron chi connectivity index (χ3n) is 1.43. The molecule has 1 rings (SSSR count). The molecule has 5 heteroatoms. The number of alkyl halides is 1. The molecule has 0 fully saturated rings. The van der Waals surface area contributed by atoms with Crippen molar-refractivity contribution in [3.63, 3.8) is 0 Å². The molecule has 0 bridgehead atoms. The van der Waals surface area contributed by atoms with Crippen LogP contribution >= 0.6 is 11.6 Å². The number of ether oxygens (including phenoxy) is 1. The standard InChI is InChI=1S/C9H7ClF2O2/c10-4-7(13)5-14-9-2-1-6(11)3-8(9)12/h1-3H,4-5H2. The van der Waals surface area contributed by atoms with E-state index in [-0.39, 0.29) is 24.0 Å². The minimum Gasteiger partial charge on any atom is -0.483 e. The molecular weight excluding hydrogens is 214 g/mol. The Hall–Kier alpha value is -1.16. The lowest BCUT2D eigenvalue weighted by molar-refractivity contribution is -0.118. The Labute approximate surface area is 84.4 Å². The topological polar surface area (TPSA) is 26.3 Å². The van der Waals surface area contributed by atoms with E-state index >= 15 is 0 Å². The fraction of sp³-hybridized carbons (Fsp3) is 0.222. The van der Waals surface area contributed by atoms with Crippen LogP contribution in [0.15, 0.2) is 18.2 Å². The molecule has 1 aromatic carbocycles. The van der Waals surface area contributed by atoms with Crippen molar-refractivity contribution in [1.82, 2.24) is 0 Å². The molecule has 0 saturated carbocycles. The molecule has 76 valence electrons. The van der Waals surface area contributed by atoms with Crippen LogP contribution in [-0.2, 0) is 4.79 Å². The molecule has 0 aliphatic heterocycles. The molecule has 0 atom stereocenters. The summed E-state index contributed by atoms with van der Waals surface area (Å²) in [6.07, 6.45) is 0. The van der Waals surface area contributed by atoms with Crippen LogP contribution < -0.4 is 4.74 Å². The first-order valence-electron chi connectivity index (χ1n) is 3.79. The molecule has 2 nitrogen and oxygen atoms in total. The SMILES string of the molecule is O=C(CCl)COc1ccc(F)cc1F. The maximum Gasteiger partial charge on any atom is 0.184 e. The van der Waals surface area contributed by atoms with E-state index < -0.39 is 11.6 Å². The Morgan fingerprint density at radius 3 is 2.71 bits per heavy atom. The van der Waals surface area contributed by atoms with Crippen LogP contribution in [-0.4, -0.2) is 18.3 Å². The second-order valence-electron chi connectivity index (χ2n) is 2.54. The second kappa shape index (κ2) is 4.91. The van der Waals surface area contributed by atoms with Crippen molar-refractivity contribution in [3.05, 3.63) is 29.8 Å². The largest absolute Gasteiger partial charge is 0.483 e. The zero-order chi connectivity index (χ0) is 10.6. The number of Topliss-reactive ketones (excluding diaryl/α,β-unsaturated/α-hetero) is 1. The first-order chi connectivity index (χ1) is 6.63. The van der Waals surface area contributed by atoms with Gasteiger partial charge in [-0.2, -0.15) is 0 Å². The average molecular weight is 221 g/mol. The number of rotatable bonds is 4. The Kier molecular flexibility index (Phi) is 3.83. The lowest BCUT2D eigenvalue weighted by Gasteiger charge is -2.04. The molecule has 0 saturated heterocycles. The average Bonchev–Trinajstić information content (AvgIpc) is 2.16. The summed E-state index contributed by atoms with van der Waals surface area (Å²) in [6, 6.07) is 2.84. The fourth-order valence-corrected chi connectivity index (χ4v) is 0.866. The summed E-state index contributed by atoms with van der Waals surface area (Å²) in [6.45, 7) is -0.313. The molecule has 0 N–H and O–H groups in total. The molecule has 14 heavy (non-hydrogen) atoms. The molecule has 0 heterocycles. The monoisotopic (exact) mass is 220 g/mol. The summed E-state index contributed by atoms with van der Waals surface area (Å²) in [4.78, 5) is 10.7. The van der Waals surface area contributed by atoms with Gasteiger partial charge in [0.15, 0.2) is 17.3 Å². The van der Waals surface area contributed by atoms with Crippen LogP contribution in [0, 0.1) is 11.6 Å². The molecule has 0 unspecified atom stereocenters. The van der Waals surface area contributed by atoms with Gasteiger partial charge in [0.05, 0.1) is 5.88 Å². The normalized spacial score (nSPS) is 9.93. The molecule has 0 amide bonds. The van der Waals surface area contributed by atoms with E-state index in [9.17, 15) is 13.6 Å². The number of ketones is 1. The van der Waals surface area contributed by atoms with E-state index in [4.69, 9.17) is 16.3 Å². The van der Waals surface area contributed by atoms with Crippen LogP contribution in [0.4, 0.5) is 8.78 Å². The Morgan fingerprint density at radius 1 is 1.43 bits per heavy atom. The third-order valence-corrected chi connectivity index (χ3v) is 1.73. The molecule has 0 aliphatic rings. The predicted octanol–water partition coefficient (Wildman–Crippen LogP) is 2.15. The number of carbonyl (C=O) groups excluding carboxylic acids is 1. The molecule has 0 radical (unpaired) electrons. The molecule has 1 aromatic rings. The van der Waals surface area contributed by atoms with Gasteiger partial charge in [-0.15, -0.1) is 11.6 Å². The fourth-order valence-electron chi connectivity index (χ4n) is 0.789. The summed E-state index contributed by atoms with van der Waals surface area (Å²) < 4.78 is 30.1. The summed E-state index contributed by atoms with van der Waals surface area (Å²) in [5, 5.41) is 0. The van der Waals surface area contributed by atoms with E-state index in [1.165, 1.54) is 0 Å². The highest BCUT2D eigenvalue weighted by molar-refractivity contribution is 6.27.